The summed E-state index contributed by atoms with van der Waals surface area (Å²) in [5.41, 5.74) is 7.98. The van der Waals surface area contributed by atoms with Gasteiger partial charge in [-0.15, -0.1) is 0 Å². The molecule has 1 aromatic heterocycles. The first-order valence-corrected chi connectivity index (χ1v) is 7.38. The normalized spacial score (nSPS) is 10.9. The van der Waals surface area contributed by atoms with E-state index < -0.39 is 0 Å². The van der Waals surface area contributed by atoms with E-state index in [4.69, 9.17) is 5.73 Å². The molecule has 0 spiro atoms. The Balaban J connectivity index is 2.30. The molecule has 2 rings (SSSR count). The van der Waals surface area contributed by atoms with E-state index in [0.29, 0.717) is 6.54 Å². The molecule has 0 saturated heterocycles. The Hall–Kier alpha value is -0.780. The van der Waals surface area contributed by atoms with Crippen LogP contribution in [0.25, 0.3) is 0 Å². The molecule has 0 aliphatic rings. The van der Waals surface area contributed by atoms with E-state index in [1.807, 2.05) is 18.7 Å². The third kappa shape index (κ3) is 3.16. The molecular formula is C13H16BrN3S. The molecule has 2 aromatic rings. The predicted molar refractivity (Wildman–Crippen MR) is 79.0 cm³/mol. The van der Waals surface area contributed by atoms with E-state index in [0.717, 1.165) is 21.6 Å². The van der Waals surface area contributed by atoms with Crippen LogP contribution in [0.1, 0.15) is 11.3 Å². The Morgan fingerprint density at radius 2 is 2.17 bits per heavy atom. The van der Waals surface area contributed by atoms with Crippen molar-refractivity contribution in [1.82, 2.24) is 9.78 Å². The molecule has 0 amide bonds. The summed E-state index contributed by atoms with van der Waals surface area (Å²) in [7, 11) is 1.97. The fourth-order valence-electron chi connectivity index (χ4n) is 1.79. The van der Waals surface area contributed by atoms with Gasteiger partial charge in [0.05, 0.1) is 10.7 Å². The summed E-state index contributed by atoms with van der Waals surface area (Å²) in [5.74, 6) is 0. The number of nitrogens with zero attached hydrogens (tertiary/aromatic N) is 2. The minimum Gasteiger partial charge on any atom is -0.330 e. The van der Waals surface area contributed by atoms with E-state index in [9.17, 15) is 0 Å². The van der Waals surface area contributed by atoms with Gasteiger partial charge >= 0.3 is 0 Å². The van der Waals surface area contributed by atoms with Crippen LogP contribution in [0.4, 0.5) is 0 Å². The number of halogens is 1. The maximum Gasteiger partial charge on any atom is 0.0987 e. The van der Waals surface area contributed by atoms with Gasteiger partial charge in [0.15, 0.2) is 0 Å². The molecule has 2 N–H and O–H groups in total. The van der Waals surface area contributed by atoms with E-state index in [2.05, 4.69) is 45.3 Å². The molecule has 0 saturated carbocycles. The zero-order chi connectivity index (χ0) is 13.1. The molecule has 0 unspecified atom stereocenters. The molecule has 18 heavy (non-hydrogen) atoms. The highest BCUT2D eigenvalue weighted by molar-refractivity contribution is 9.10. The fourth-order valence-corrected chi connectivity index (χ4v) is 3.26. The van der Waals surface area contributed by atoms with Crippen molar-refractivity contribution in [1.29, 1.82) is 0 Å². The Bertz CT molecular complexity index is 551. The number of hydrogen-bond acceptors (Lipinski definition) is 3. The highest BCUT2D eigenvalue weighted by Gasteiger charge is 2.08. The van der Waals surface area contributed by atoms with Crippen molar-refractivity contribution in [3.05, 3.63) is 40.0 Å². The monoisotopic (exact) mass is 325 g/mol. The van der Waals surface area contributed by atoms with Gasteiger partial charge in [-0.3, -0.25) is 4.68 Å². The van der Waals surface area contributed by atoms with Crippen molar-refractivity contribution in [2.24, 2.45) is 12.8 Å². The largest absolute Gasteiger partial charge is 0.330 e. The third-order valence-corrected chi connectivity index (χ3v) is 4.31. The number of nitrogens with two attached hydrogens (primary N) is 1. The van der Waals surface area contributed by atoms with Crippen molar-refractivity contribution in [2.75, 3.05) is 6.54 Å². The van der Waals surface area contributed by atoms with Crippen molar-refractivity contribution >= 4 is 27.7 Å². The standard InChI is InChI=1S/C13H16BrN3S/c1-9-7-13(17(2)16-9)18-12-4-3-11(14)8-10(12)5-6-15/h3-4,7-8H,5-6,15H2,1-2H3. The molecule has 0 radical (unpaired) electrons. The predicted octanol–water partition coefficient (Wildman–Crippen LogP) is 3.14. The fraction of sp³-hybridized carbons (Fsp3) is 0.308. The van der Waals surface area contributed by atoms with Gasteiger partial charge in [-0.25, -0.2) is 0 Å². The summed E-state index contributed by atoms with van der Waals surface area (Å²) in [6.07, 6.45) is 0.888. The van der Waals surface area contributed by atoms with Gasteiger partial charge in [0.2, 0.25) is 0 Å². The number of aromatic nitrogens is 2. The van der Waals surface area contributed by atoms with E-state index >= 15 is 0 Å². The lowest BCUT2D eigenvalue weighted by Crippen LogP contribution is -2.04. The van der Waals surface area contributed by atoms with Crippen molar-refractivity contribution in [3.63, 3.8) is 0 Å². The highest BCUT2D eigenvalue weighted by atomic mass is 79.9. The minimum absolute atomic E-state index is 0.661. The Kier molecular flexibility index (Phi) is 4.48. The first-order valence-electron chi connectivity index (χ1n) is 5.77. The van der Waals surface area contributed by atoms with Gasteiger partial charge in [-0.05, 0) is 49.7 Å². The number of rotatable bonds is 4. The molecule has 0 atom stereocenters. The molecule has 0 bridgehead atoms. The van der Waals surface area contributed by atoms with E-state index in [1.54, 1.807) is 11.8 Å². The molecule has 0 fully saturated rings. The van der Waals surface area contributed by atoms with Gasteiger partial charge in [0.1, 0.15) is 0 Å². The van der Waals surface area contributed by atoms with Crippen LogP contribution in [-0.4, -0.2) is 16.3 Å². The van der Waals surface area contributed by atoms with Gasteiger partial charge in [-0.1, -0.05) is 27.7 Å². The van der Waals surface area contributed by atoms with Crippen LogP contribution in [0.2, 0.25) is 0 Å². The summed E-state index contributed by atoms with van der Waals surface area (Å²) in [5, 5.41) is 5.51. The second-order valence-electron chi connectivity index (χ2n) is 4.14. The zero-order valence-electron chi connectivity index (χ0n) is 10.5. The molecule has 1 heterocycles. The lowest BCUT2D eigenvalue weighted by atomic mass is 10.1. The number of hydrogen-bond donors (Lipinski definition) is 1. The van der Waals surface area contributed by atoms with Crippen LogP contribution in [0.15, 0.2) is 38.7 Å². The van der Waals surface area contributed by atoms with Crippen LogP contribution < -0.4 is 5.73 Å². The van der Waals surface area contributed by atoms with Crippen LogP contribution in [0.5, 0.6) is 0 Å². The van der Waals surface area contributed by atoms with Gasteiger partial charge in [-0.2, -0.15) is 5.10 Å². The van der Waals surface area contributed by atoms with Crippen LogP contribution in [0.3, 0.4) is 0 Å². The molecule has 1 aromatic carbocycles. The quantitative estimate of drug-likeness (QED) is 0.939. The Morgan fingerprint density at radius 3 is 2.78 bits per heavy atom. The van der Waals surface area contributed by atoms with Gasteiger partial charge in [0, 0.05) is 16.4 Å². The van der Waals surface area contributed by atoms with E-state index in [-0.39, 0.29) is 0 Å². The maximum absolute atomic E-state index is 5.66. The third-order valence-electron chi connectivity index (χ3n) is 2.61. The molecule has 0 aliphatic carbocycles. The van der Waals surface area contributed by atoms with Crippen LogP contribution in [0, 0.1) is 6.92 Å². The van der Waals surface area contributed by atoms with E-state index in [1.165, 1.54) is 10.5 Å². The summed E-state index contributed by atoms with van der Waals surface area (Å²) < 4.78 is 3.00. The zero-order valence-corrected chi connectivity index (χ0v) is 12.9. The Morgan fingerprint density at radius 1 is 1.39 bits per heavy atom. The van der Waals surface area contributed by atoms with Crippen LogP contribution in [-0.2, 0) is 13.5 Å². The molecular weight excluding hydrogens is 310 g/mol. The smallest absolute Gasteiger partial charge is 0.0987 e. The summed E-state index contributed by atoms with van der Waals surface area (Å²) in [6.45, 7) is 2.67. The lowest BCUT2D eigenvalue weighted by molar-refractivity contribution is 0.692. The second kappa shape index (κ2) is 5.91. The SMILES string of the molecule is Cc1cc(Sc2ccc(Br)cc2CCN)n(C)n1. The van der Waals surface area contributed by atoms with Crippen LogP contribution >= 0.6 is 27.7 Å². The first-order chi connectivity index (χ1) is 8.60. The summed E-state index contributed by atoms with van der Waals surface area (Å²) in [6, 6.07) is 8.42. The number of benzene rings is 1. The molecule has 96 valence electrons. The molecule has 0 aliphatic heterocycles. The first kappa shape index (κ1) is 13.6. The average Bonchev–Trinajstić information content (AvgIpc) is 2.62. The topological polar surface area (TPSA) is 43.8 Å². The lowest BCUT2D eigenvalue weighted by Gasteiger charge is -2.09. The van der Waals surface area contributed by atoms with Gasteiger partial charge in [0.25, 0.3) is 0 Å². The molecule has 3 nitrogen and oxygen atoms in total. The Labute approximate surface area is 120 Å². The van der Waals surface area contributed by atoms with Crippen molar-refractivity contribution < 1.29 is 0 Å². The summed E-state index contributed by atoms with van der Waals surface area (Å²) in [4.78, 5) is 1.24. The summed E-state index contributed by atoms with van der Waals surface area (Å²) >= 11 is 5.24. The minimum atomic E-state index is 0.661. The second-order valence-corrected chi connectivity index (χ2v) is 6.12. The number of aryl methyl sites for hydroxylation is 2. The van der Waals surface area contributed by atoms with Crippen molar-refractivity contribution in [3.8, 4) is 0 Å². The van der Waals surface area contributed by atoms with Gasteiger partial charge < -0.3 is 5.73 Å². The molecule has 5 heteroatoms. The van der Waals surface area contributed by atoms with Crippen molar-refractivity contribution in [2.45, 2.75) is 23.3 Å². The average molecular weight is 326 g/mol. The highest BCUT2D eigenvalue weighted by Crippen LogP contribution is 2.32. The maximum atomic E-state index is 5.66.